The fourth-order valence-electron chi connectivity index (χ4n) is 1.01. The fourth-order valence-corrected chi connectivity index (χ4v) is 1.23. The molecule has 1 aromatic heterocycles. The Kier molecular flexibility index (Phi) is 3.23. The molecule has 0 amide bonds. The zero-order valence-corrected chi connectivity index (χ0v) is 8.80. The van der Waals surface area contributed by atoms with Crippen LogP contribution >= 0.6 is 15.9 Å². The van der Waals surface area contributed by atoms with Gasteiger partial charge in [0.1, 0.15) is 0 Å². The molecule has 3 heteroatoms. The molecule has 1 unspecified atom stereocenters. The van der Waals surface area contributed by atoms with Crippen molar-refractivity contribution in [1.29, 1.82) is 0 Å². The summed E-state index contributed by atoms with van der Waals surface area (Å²) in [5, 5.41) is 9.11. The van der Waals surface area contributed by atoms with E-state index in [0.29, 0.717) is 6.42 Å². The molecule has 0 aliphatic heterocycles. The van der Waals surface area contributed by atoms with Gasteiger partial charge in [-0.25, -0.2) is 0 Å². The molecule has 1 rings (SSSR count). The molecule has 12 heavy (non-hydrogen) atoms. The van der Waals surface area contributed by atoms with Crippen LogP contribution in [0.4, 0.5) is 0 Å². The third kappa shape index (κ3) is 2.57. The van der Waals surface area contributed by atoms with Gasteiger partial charge in [0.05, 0.1) is 6.10 Å². The van der Waals surface area contributed by atoms with E-state index in [0.717, 1.165) is 15.7 Å². The van der Waals surface area contributed by atoms with Crippen LogP contribution in [0.2, 0.25) is 0 Å². The van der Waals surface area contributed by atoms with Crippen molar-refractivity contribution in [2.24, 2.45) is 0 Å². The second-order valence-electron chi connectivity index (χ2n) is 2.98. The van der Waals surface area contributed by atoms with E-state index in [2.05, 4.69) is 20.9 Å². The second-order valence-corrected chi connectivity index (χ2v) is 3.83. The van der Waals surface area contributed by atoms with Crippen LogP contribution in [0.3, 0.4) is 0 Å². The third-order valence-electron chi connectivity index (χ3n) is 1.61. The highest BCUT2D eigenvalue weighted by molar-refractivity contribution is 9.10. The predicted octanol–water partition coefficient (Wildman–Crippen LogP) is 2.08. The molecule has 0 aliphatic carbocycles. The number of aryl methyl sites for hydroxylation is 1. The van der Waals surface area contributed by atoms with Gasteiger partial charge < -0.3 is 5.11 Å². The average Bonchev–Trinajstić information content (AvgIpc) is 1.96. The van der Waals surface area contributed by atoms with E-state index in [4.69, 9.17) is 5.11 Å². The molecular formula is C9H12BrNO. The zero-order valence-electron chi connectivity index (χ0n) is 7.21. The number of hydrogen-bond donors (Lipinski definition) is 1. The molecule has 0 radical (unpaired) electrons. The maximum Gasteiger partial charge on any atom is 0.0567 e. The lowest BCUT2D eigenvalue weighted by atomic mass is 10.1. The van der Waals surface area contributed by atoms with Crippen molar-refractivity contribution in [2.45, 2.75) is 26.4 Å². The van der Waals surface area contributed by atoms with E-state index in [-0.39, 0.29) is 6.10 Å². The molecular weight excluding hydrogens is 218 g/mol. The summed E-state index contributed by atoms with van der Waals surface area (Å²) in [6, 6.07) is 1.98. The first-order valence-corrected chi connectivity index (χ1v) is 4.68. The number of aliphatic hydroxyl groups excluding tert-OH is 1. The van der Waals surface area contributed by atoms with Crippen LogP contribution < -0.4 is 0 Å². The maximum atomic E-state index is 9.11. The van der Waals surface area contributed by atoms with Gasteiger partial charge in [0, 0.05) is 22.8 Å². The SMILES string of the molecule is Cc1cc(CC(C)O)ncc1Br. The Morgan fingerprint density at radius 3 is 2.83 bits per heavy atom. The van der Waals surface area contributed by atoms with Crippen LogP contribution in [0.25, 0.3) is 0 Å². The Bertz CT molecular complexity index is 273. The van der Waals surface area contributed by atoms with E-state index < -0.39 is 0 Å². The van der Waals surface area contributed by atoms with E-state index in [1.54, 1.807) is 13.1 Å². The summed E-state index contributed by atoms with van der Waals surface area (Å²) in [6.45, 7) is 3.77. The highest BCUT2D eigenvalue weighted by Crippen LogP contribution is 2.15. The van der Waals surface area contributed by atoms with Gasteiger partial charge in [-0.05, 0) is 41.4 Å². The van der Waals surface area contributed by atoms with Crippen LogP contribution in [0.5, 0.6) is 0 Å². The number of nitrogens with zero attached hydrogens (tertiary/aromatic N) is 1. The lowest BCUT2D eigenvalue weighted by Gasteiger charge is -2.04. The van der Waals surface area contributed by atoms with Crippen molar-refractivity contribution in [3.63, 3.8) is 0 Å². The molecule has 2 nitrogen and oxygen atoms in total. The molecule has 1 aromatic rings. The summed E-state index contributed by atoms with van der Waals surface area (Å²) in [5.74, 6) is 0. The summed E-state index contributed by atoms with van der Waals surface area (Å²) in [6.07, 6.45) is 2.07. The summed E-state index contributed by atoms with van der Waals surface area (Å²) >= 11 is 3.37. The minimum atomic E-state index is -0.321. The monoisotopic (exact) mass is 229 g/mol. The van der Waals surface area contributed by atoms with E-state index in [1.165, 1.54) is 0 Å². The number of aromatic nitrogens is 1. The molecule has 1 atom stereocenters. The maximum absolute atomic E-state index is 9.11. The van der Waals surface area contributed by atoms with Crippen molar-refractivity contribution in [2.75, 3.05) is 0 Å². The highest BCUT2D eigenvalue weighted by atomic mass is 79.9. The molecule has 0 saturated heterocycles. The minimum Gasteiger partial charge on any atom is -0.393 e. The van der Waals surface area contributed by atoms with Gasteiger partial charge in [0.2, 0.25) is 0 Å². The first-order chi connectivity index (χ1) is 5.59. The third-order valence-corrected chi connectivity index (χ3v) is 2.44. The minimum absolute atomic E-state index is 0.321. The highest BCUT2D eigenvalue weighted by Gasteiger charge is 2.02. The molecule has 1 N–H and O–H groups in total. The van der Waals surface area contributed by atoms with Gasteiger partial charge in [-0.3, -0.25) is 4.98 Å². The standard InChI is InChI=1S/C9H12BrNO/c1-6-3-8(4-7(2)12)11-5-9(6)10/h3,5,7,12H,4H2,1-2H3. The fraction of sp³-hybridized carbons (Fsp3) is 0.444. The van der Waals surface area contributed by atoms with E-state index in [1.807, 2.05) is 13.0 Å². The lowest BCUT2D eigenvalue weighted by molar-refractivity contribution is 0.194. The van der Waals surface area contributed by atoms with Crippen molar-refractivity contribution < 1.29 is 5.11 Å². The van der Waals surface area contributed by atoms with Crippen molar-refractivity contribution in [1.82, 2.24) is 4.98 Å². The Hall–Kier alpha value is -0.410. The van der Waals surface area contributed by atoms with Crippen LogP contribution in [-0.4, -0.2) is 16.2 Å². The van der Waals surface area contributed by atoms with Crippen molar-refractivity contribution in [3.05, 3.63) is 28.0 Å². The summed E-state index contributed by atoms with van der Waals surface area (Å²) in [7, 11) is 0. The van der Waals surface area contributed by atoms with Crippen molar-refractivity contribution >= 4 is 15.9 Å². The molecule has 0 spiro atoms. The number of hydrogen-bond acceptors (Lipinski definition) is 2. The quantitative estimate of drug-likeness (QED) is 0.843. The Morgan fingerprint density at radius 1 is 1.67 bits per heavy atom. The number of aliphatic hydroxyl groups is 1. The lowest BCUT2D eigenvalue weighted by Crippen LogP contribution is -2.05. The van der Waals surface area contributed by atoms with Gasteiger partial charge >= 0.3 is 0 Å². The largest absolute Gasteiger partial charge is 0.393 e. The molecule has 0 aromatic carbocycles. The van der Waals surface area contributed by atoms with Crippen LogP contribution in [0, 0.1) is 6.92 Å². The normalized spacial score (nSPS) is 13.0. The molecule has 0 fully saturated rings. The summed E-state index contributed by atoms with van der Waals surface area (Å²) in [4.78, 5) is 4.17. The molecule has 0 aliphatic rings. The van der Waals surface area contributed by atoms with Gasteiger partial charge in [-0.15, -0.1) is 0 Å². The number of rotatable bonds is 2. The first kappa shape index (κ1) is 9.68. The summed E-state index contributed by atoms with van der Waals surface area (Å²) < 4.78 is 1.01. The van der Waals surface area contributed by atoms with Crippen LogP contribution in [0.1, 0.15) is 18.2 Å². The number of halogens is 1. The van der Waals surface area contributed by atoms with Gasteiger partial charge in [0.15, 0.2) is 0 Å². The Morgan fingerprint density at radius 2 is 2.33 bits per heavy atom. The van der Waals surface area contributed by atoms with E-state index in [9.17, 15) is 0 Å². The molecule has 66 valence electrons. The second kappa shape index (κ2) is 4.01. The van der Waals surface area contributed by atoms with Crippen LogP contribution in [0.15, 0.2) is 16.7 Å². The molecule has 0 saturated carbocycles. The average molecular weight is 230 g/mol. The molecule has 0 bridgehead atoms. The predicted molar refractivity (Wildman–Crippen MR) is 52.1 cm³/mol. The Labute approximate surface area is 80.8 Å². The first-order valence-electron chi connectivity index (χ1n) is 3.88. The van der Waals surface area contributed by atoms with Crippen LogP contribution in [-0.2, 0) is 6.42 Å². The molecule has 1 heterocycles. The van der Waals surface area contributed by atoms with Gasteiger partial charge in [-0.1, -0.05) is 0 Å². The Balaban J connectivity index is 2.82. The van der Waals surface area contributed by atoms with E-state index >= 15 is 0 Å². The number of pyridine rings is 1. The summed E-state index contributed by atoms with van der Waals surface area (Å²) in [5.41, 5.74) is 2.09. The smallest absolute Gasteiger partial charge is 0.0567 e. The van der Waals surface area contributed by atoms with Crippen molar-refractivity contribution in [3.8, 4) is 0 Å². The van der Waals surface area contributed by atoms with Gasteiger partial charge in [-0.2, -0.15) is 0 Å². The topological polar surface area (TPSA) is 33.1 Å². The zero-order chi connectivity index (χ0) is 9.14. The van der Waals surface area contributed by atoms with Gasteiger partial charge in [0.25, 0.3) is 0 Å².